The van der Waals surface area contributed by atoms with Crippen LogP contribution >= 0.6 is 0 Å². The minimum atomic E-state index is 0.108. The van der Waals surface area contributed by atoms with Crippen LogP contribution in [0.5, 0.6) is 11.5 Å². The first-order chi connectivity index (χ1) is 18.2. The summed E-state index contributed by atoms with van der Waals surface area (Å²) in [4.78, 5) is 2.92. The Balaban J connectivity index is 1.11. The van der Waals surface area contributed by atoms with Crippen LogP contribution in [0.1, 0.15) is 68.1 Å². The van der Waals surface area contributed by atoms with E-state index in [0.29, 0.717) is 12.0 Å². The van der Waals surface area contributed by atoms with Gasteiger partial charge in [-0.05, 0) is 86.9 Å². The van der Waals surface area contributed by atoms with Gasteiger partial charge in [-0.1, -0.05) is 49.2 Å². The quantitative estimate of drug-likeness (QED) is 0.421. The lowest BCUT2D eigenvalue weighted by Crippen LogP contribution is -2.75. The number of ether oxygens (including phenoxy) is 3. The molecule has 4 heteroatoms. The van der Waals surface area contributed by atoms with Crippen LogP contribution in [-0.2, 0) is 23.0 Å². The van der Waals surface area contributed by atoms with Gasteiger partial charge in [0.2, 0.25) is 0 Å². The van der Waals surface area contributed by atoms with Crippen LogP contribution in [0.25, 0.3) is 0 Å². The van der Waals surface area contributed by atoms with E-state index in [1.54, 1.807) is 7.11 Å². The third-order valence-electron chi connectivity index (χ3n) is 11.5. The molecule has 196 valence electrons. The van der Waals surface area contributed by atoms with E-state index in [-0.39, 0.29) is 23.0 Å². The van der Waals surface area contributed by atoms with Crippen LogP contribution in [0.3, 0.4) is 0 Å². The van der Waals surface area contributed by atoms with Crippen LogP contribution in [0.15, 0.2) is 42.5 Å². The maximum absolute atomic E-state index is 7.02. The smallest absolute Gasteiger partial charge is 0.165 e. The summed E-state index contributed by atoms with van der Waals surface area (Å²) >= 11 is 0. The van der Waals surface area contributed by atoms with E-state index in [9.17, 15) is 0 Å². The van der Waals surface area contributed by atoms with Crippen LogP contribution in [-0.4, -0.2) is 50.0 Å². The standard InChI is InChI=1S/C33H41NO3/c1-35-27-14-13-24-18-26-25-19-32(15-6-5-10-22-8-3-2-4-9-22)21-36-30(32)31-33(25,28(24)29(27)37-31)16-17-34(26)20-23-11-7-12-23/h2-4,8-9,13-14,23,25-26,30-31H,5-7,10-12,15-21H2,1H3/t25?,26?,30-,31?,32-,33?/m1/s1. The molecule has 4 fully saturated rings. The molecule has 3 aliphatic carbocycles. The average Bonchev–Trinajstić information content (AvgIpc) is 3.21. The monoisotopic (exact) mass is 499 g/mol. The first kappa shape index (κ1) is 22.9. The SMILES string of the molecule is COc1ccc2c3c1OC1[C@H]4OC[C@@]4(CCCCc4ccccc4)CC4C(C2)N(CC2CCC2)CCC341. The zero-order valence-electron chi connectivity index (χ0n) is 22.3. The number of hydrogen-bond donors (Lipinski definition) is 0. The number of hydrogen-bond acceptors (Lipinski definition) is 4. The Labute approximate surface area is 221 Å². The Morgan fingerprint density at radius 2 is 1.95 bits per heavy atom. The predicted molar refractivity (Wildman–Crippen MR) is 144 cm³/mol. The van der Waals surface area contributed by atoms with Gasteiger partial charge in [0.25, 0.3) is 0 Å². The number of likely N-dealkylation sites (tertiary alicyclic amines) is 1. The molecule has 1 spiro atoms. The highest BCUT2D eigenvalue weighted by Crippen LogP contribution is 2.69. The number of methoxy groups -OCH3 is 1. The summed E-state index contributed by atoms with van der Waals surface area (Å²) in [5.74, 6) is 3.56. The molecule has 3 heterocycles. The van der Waals surface area contributed by atoms with Crippen molar-refractivity contribution in [1.29, 1.82) is 0 Å². The van der Waals surface area contributed by atoms with Crippen molar-refractivity contribution in [2.24, 2.45) is 17.3 Å². The van der Waals surface area contributed by atoms with Gasteiger partial charge < -0.3 is 14.2 Å². The second kappa shape index (κ2) is 8.48. The molecule has 37 heavy (non-hydrogen) atoms. The molecule has 0 N–H and O–H groups in total. The summed E-state index contributed by atoms with van der Waals surface area (Å²) in [6.45, 7) is 3.45. The third kappa shape index (κ3) is 3.21. The van der Waals surface area contributed by atoms with Crippen molar-refractivity contribution in [2.75, 3.05) is 26.8 Å². The average molecular weight is 500 g/mol. The molecule has 4 unspecified atom stereocenters. The van der Waals surface area contributed by atoms with Gasteiger partial charge in [0, 0.05) is 29.0 Å². The lowest BCUT2D eigenvalue weighted by Gasteiger charge is -2.67. The molecule has 2 aromatic rings. The number of fused-ring (bicyclic) bond motifs is 2. The molecule has 0 amide bonds. The van der Waals surface area contributed by atoms with Crippen LogP contribution in [0.4, 0.5) is 0 Å². The Morgan fingerprint density at radius 3 is 2.70 bits per heavy atom. The molecular weight excluding hydrogens is 458 g/mol. The number of nitrogens with zero attached hydrogens (tertiary/aromatic N) is 1. The van der Waals surface area contributed by atoms with E-state index >= 15 is 0 Å². The highest BCUT2D eigenvalue weighted by atomic mass is 16.6. The van der Waals surface area contributed by atoms with Crippen molar-refractivity contribution in [2.45, 2.75) is 87.9 Å². The van der Waals surface area contributed by atoms with Crippen molar-refractivity contribution in [3.63, 3.8) is 0 Å². The number of unbranched alkanes of at least 4 members (excludes halogenated alkanes) is 1. The van der Waals surface area contributed by atoms with E-state index < -0.39 is 0 Å². The van der Waals surface area contributed by atoms with Crippen molar-refractivity contribution in [3.05, 3.63) is 59.2 Å². The normalized spacial score (nSPS) is 37.1. The zero-order valence-corrected chi connectivity index (χ0v) is 22.3. The molecule has 6 aliphatic rings. The molecule has 2 bridgehead atoms. The second-order valence-corrected chi connectivity index (χ2v) is 13.1. The molecule has 4 nitrogen and oxygen atoms in total. The van der Waals surface area contributed by atoms with Crippen LogP contribution < -0.4 is 9.47 Å². The van der Waals surface area contributed by atoms with Gasteiger partial charge in [-0.25, -0.2) is 0 Å². The maximum Gasteiger partial charge on any atom is 0.165 e. The predicted octanol–water partition coefficient (Wildman–Crippen LogP) is 5.94. The van der Waals surface area contributed by atoms with E-state index in [0.717, 1.165) is 24.0 Å². The Morgan fingerprint density at radius 1 is 1.05 bits per heavy atom. The fraction of sp³-hybridized carbons (Fsp3) is 0.636. The summed E-state index contributed by atoms with van der Waals surface area (Å²) in [5.41, 5.74) is 4.88. The van der Waals surface area contributed by atoms with E-state index in [4.69, 9.17) is 14.2 Å². The first-order valence-electron chi connectivity index (χ1n) is 15.0. The van der Waals surface area contributed by atoms with Gasteiger partial charge in [0.15, 0.2) is 11.5 Å². The molecule has 6 atom stereocenters. The fourth-order valence-electron chi connectivity index (χ4n) is 9.46. The van der Waals surface area contributed by atoms with Gasteiger partial charge in [-0.15, -0.1) is 0 Å². The minimum Gasteiger partial charge on any atom is -0.493 e. The van der Waals surface area contributed by atoms with Gasteiger partial charge >= 0.3 is 0 Å². The molecular formula is C33H41NO3. The van der Waals surface area contributed by atoms with E-state index in [1.165, 1.54) is 94.0 Å². The van der Waals surface area contributed by atoms with Gasteiger partial charge in [-0.2, -0.15) is 0 Å². The van der Waals surface area contributed by atoms with Gasteiger partial charge in [0.05, 0.1) is 13.7 Å². The highest BCUT2D eigenvalue weighted by Gasteiger charge is 2.73. The van der Waals surface area contributed by atoms with Crippen molar-refractivity contribution in [3.8, 4) is 11.5 Å². The van der Waals surface area contributed by atoms with Crippen LogP contribution in [0, 0.1) is 17.3 Å². The number of piperidine rings is 1. The molecule has 8 rings (SSSR count). The zero-order chi connectivity index (χ0) is 24.6. The van der Waals surface area contributed by atoms with Crippen molar-refractivity contribution < 1.29 is 14.2 Å². The number of benzene rings is 2. The topological polar surface area (TPSA) is 30.9 Å². The van der Waals surface area contributed by atoms with Gasteiger partial charge in [0.1, 0.15) is 12.2 Å². The lowest BCUT2D eigenvalue weighted by molar-refractivity contribution is -0.280. The lowest BCUT2D eigenvalue weighted by atomic mass is 9.45. The van der Waals surface area contributed by atoms with Crippen molar-refractivity contribution in [1.82, 2.24) is 4.90 Å². The summed E-state index contributed by atoms with van der Waals surface area (Å²) in [5, 5.41) is 0. The third-order valence-corrected chi connectivity index (χ3v) is 11.5. The summed E-state index contributed by atoms with van der Waals surface area (Å²) in [6.07, 6.45) is 13.4. The second-order valence-electron chi connectivity index (χ2n) is 13.1. The number of aryl methyl sites for hydroxylation is 1. The highest BCUT2D eigenvalue weighted by molar-refractivity contribution is 5.61. The molecule has 2 saturated carbocycles. The van der Waals surface area contributed by atoms with E-state index in [2.05, 4.69) is 47.4 Å². The summed E-state index contributed by atoms with van der Waals surface area (Å²) in [7, 11) is 1.79. The summed E-state index contributed by atoms with van der Waals surface area (Å²) in [6, 6.07) is 16.2. The largest absolute Gasteiger partial charge is 0.493 e. The number of rotatable bonds is 8. The Bertz CT molecular complexity index is 1180. The molecule has 2 aromatic carbocycles. The Kier molecular flexibility index (Phi) is 5.25. The fourth-order valence-corrected chi connectivity index (χ4v) is 9.46. The summed E-state index contributed by atoms with van der Waals surface area (Å²) < 4.78 is 19.4. The molecule has 0 radical (unpaired) electrons. The van der Waals surface area contributed by atoms with E-state index in [1.807, 2.05) is 0 Å². The molecule has 0 aromatic heterocycles. The minimum absolute atomic E-state index is 0.108. The molecule has 2 saturated heterocycles. The molecule has 3 aliphatic heterocycles. The van der Waals surface area contributed by atoms with Gasteiger partial charge in [-0.3, -0.25) is 4.90 Å². The Hall–Kier alpha value is -2.04. The van der Waals surface area contributed by atoms with Crippen LogP contribution in [0.2, 0.25) is 0 Å². The first-order valence-corrected chi connectivity index (χ1v) is 15.0. The van der Waals surface area contributed by atoms with Crippen molar-refractivity contribution >= 4 is 0 Å². The maximum atomic E-state index is 7.02.